The van der Waals surface area contributed by atoms with Gasteiger partial charge in [-0.05, 0) is 37.3 Å². The number of hydrogen-bond acceptors (Lipinski definition) is 4. The molecule has 23 heavy (non-hydrogen) atoms. The van der Waals surface area contributed by atoms with Crippen molar-refractivity contribution in [2.45, 2.75) is 17.6 Å². The van der Waals surface area contributed by atoms with Gasteiger partial charge in [-0.1, -0.05) is 0 Å². The highest BCUT2D eigenvalue weighted by molar-refractivity contribution is 7.91. The highest BCUT2D eigenvalue weighted by Gasteiger charge is 2.27. The summed E-state index contributed by atoms with van der Waals surface area (Å²) >= 11 is 0. The molecule has 0 bridgehead atoms. The van der Waals surface area contributed by atoms with Crippen molar-refractivity contribution < 1.29 is 22.0 Å². The van der Waals surface area contributed by atoms with E-state index in [-0.39, 0.29) is 11.4 Å². The molecule has 0 radical (unpaired) electrons. The number of anilines is 2. The number of carbonyl (C=O) groups excluding carboxylic acids is 1. The van der Waals surface area contributed by atoms with Crippen molar-refractivity contribution in [3.8, 4) is 0 Å². The first-order valence-corrected chi connectivity index (χ1v) is 8.25. The topological polar surface area (TPSA) is 91.1 Å². The molecule has 3 N–H and O–H groups in total. The van der Waals surface area contributed by atoms with Crippen molar-refractivity contribution in [2.24, 2.45) is 0 Å². The molecule has 1 aromatic heterocycles. The van der Waals surface area contributed by atoms with Gasteiger partial charge in [0, 0.05) is 12.7 Å². The number of rotatable bonds is 6. The molecule has 124 valence electrons. The van der Waals surface area contributed by atoms with Crippen LogP contribution in [0, 0.1) is 0 Å². The van der Waals surface area contributed by atoms with E-state index in [1.165, 1.54) is 12.1 Å². The number of nitrogens with one attached hydrogen (secondary N) is 3. The van der Waals surface area contributed by atoms with E-state index in [0.29, 0.717) is 12.2 Å². The Balaban J connectivity index is 2.40. The van der Waals surface area contributed by atoms with E-state index in [4.69, 9.17) is 0 Å². The van der Waals surface area contributed by atoms with Gasteiger partial charge in [-0.25, -0.2) is 8.42 Å². The van der Waals surface area contributed by atoms with E-state index >= 15 is 0 Å². The number of sulfone groups is 1. The number of carbonyl (C=O) groups is 1. The van der Waals surface area contributed by atoms with Crippen LogP contribution >= 0.6 is 0 Å². The molecule has 2 aromatic rings. The van der Waals surface area contributed by atoms with E-state index in [1.54, 1.807) is 19.2 Å². The molecule has 2 rings (SSSR count). The first-order chi connectivity index (χ1) is 10.9. The van der Waals surface area contributed by atoms with Crippen LogP contribution in [0.2, 0.25) is 0 Å². The summed E-state index contributed by atoms with van der Waals surface area (Å²) in [7, 11) is -4.74. The highest BCUT2D eigenvalue weighted by atomic mass is 32.2. The number of aromatic amines is 1. The van der Waals surface area contributed by atoms with Crippen molar-refractivity contribution in [1.82, 2.24) is 4.98 Å². The average molecular weight is 343 g/mol. The number of aromatic nitrogens is 1. The maximum Gasteiger partial charge on any atom is 0.341 e. The second-order valence-electron chi connectivity index (χ2n) is 4.58. The van der Waals surface area contributed by atoms with Crippen LogP contribution in [-0.4, -0.2) is 31.6 Å². The minimum Gasteiger partial charge on any atom is -0.384 e. The molecule has 0 aliphatic heterocycles. The molecule has 0 unspecified atom stereocenters. The molecule has 0 spiro atoms. The lowest BCUT2D eigenvalue weighted by Crippen LogP contribution is -2.16. The van der Waals surface area contributed by atoms with Crippen LogP contribution < -0.4 is 10.6 Å². The Kier molecular flexibility index (Phi) is 4.99. The quantitative estimate of drug-likeness (QED) is 0.752. The van der Waals surface area contributed by atoms with Crippen LogP contribution in [0.15, 0.2) is 41.4 Å². The minimum absolute atomic E-state index is 0.105. The number of amides is 1. The van der Waals surface area contributed by atoms with Gasteiger partial charge in [0.25, 0.3) is 5.91 Å². The summed E-state index contributed by atoms with van der Waals surface area (Å²) in [6, 6.07) is 6.58. The van der Waals surface area contributed by atoms with Crippen molar-refractivity contribution in [2.75, 3.05) is 17.2 Å². The molecule has 0 fully saturated rings. The van der Waals surface area contributed by atoms with Crippen molar-refractivity contribution >= 4 is 27.1 Å². The van der Waals surface area contributed by atoms with E-state index < -0.39 is 26.4 Å². The second-order valence-corrected chi connectivity index (χ2v) is 6.50. The van der Waals surface area contributed by atoms with Crippen LogP contribution in [0.5, 0.6) is 0 Å². The number of hydrogen-bond donors (Lipinski definition) is 3. The Bertz CT molecular complexity index is 790. The number of benzene rings is 1. The lowest BCUT2D eigenvalue weighted by Gasteiger charge is -2.13. The third-order valence-corrected chi connectivity index (χ3v) is 4.39. The molecule has 0 aliphatic carbocycles. The summed E-state index contributed by atoms with van der Waals surface area (Å²) in [5, 5.41) is 5.43. The van der Waals surface area contributed by atoms with E-state index in [1.807, 2.05) is 0 Å². The van der Waals surface area contributed by atoms with Gasteiger partial charge in [0.2, 0.25) is 9.84 Å². The minimum atomic E-state index is -4.74. The van der Waals surface area contributed by atoms with Crippen LogP contribution in [0.1, 0.15) is 17.4 Å². The average Bonchev–Trinajstić information content (AvgIpc) is 3.03. The molecule has 0 aliphatic rings. The number of halogens is 2. The summed E-state index contributed by atoms with van der Waals surface area (Å²) in [4.78, 5) is 14.2. The number of alkyl halides is 2. The van der Waals surface area contributed by atoms with Crippen molar-refractivity contribution in [3.05, 3.63) is 42.2 Å². The monoisotopic (exact) mass is 343 g/mol. The lowest BCUT2D eigenvalue weighted by molar-refractivity contribution is 0.102. The van der Waals surface area contributed by atoms with Crippen molar-refractivity contribution in [1.29, 1.82) is 0 Å². The Morgan fingerprint density at radius 2 is 2.00 bits per heavy atom. The summed E-state index contributed by atoms with van der Waals surface area (Å²) in [5.74, 6) is -4.04. The van der Waals surface area contributed by atoms with Crippen LogP contribution in [0.25, 0.3) is 0 Å². The largest absolute Gasteiger partial charge is 0.384 e. The normalized spacial score (nSPS) is 11.5. The van der Waals surface area contributed by atoms with Gasteiger partial charge < -0.3 is 15.6 Å². The Morgan fingerprint density at radius 3 is 2.57 bits per heavy atom. The Morgan fingerprint density at radius 1 is 1.26 bits per heavy atom. The summed E-state index contributed by atoms with van der Waals surface area (Å²) in [5.41, 5.74) is 0.795. The third kappa shape index (κ3) is 3.67. The zero-order valence-corrected chi connectivity index (χ0v) is 13.0. The maximum absolute atomic E-state index is 12.7. The Hall–Kier alpha value is -2.42. The van der Waals surface area contributed by atoms with Gasteiger partial charge in [0.05, 0.1) is 16.3 Å². The van der Waals surface area contributed by atoms with Crippen LogP contribution in [0.3, 0.4) is 0 Å². The van der Waals surface area contributed by atoms with Gasteiger partial charge in [-0.3, -0.25) is 4.79 Å². The van der Waals surface area contributed by atoms with Crippen molar-refractivity contribution in [3.63, 3.8) is 0 Å². The SMILES string of the molecule is CCNc1ccc(S(=O)(=O)C(F)F)cc1NC(=O)c1ccc[nH]1. The molecule has 1 aromatic carbocycles. The molecular weight excluding hydrogens is 328 g/mol. The van der Waals surface area contributed by atoms with Gasteiger partial charge >= 0.3 is 5.76 Å². The molecule has 1 heterocycles. The zero-order valence-electron chi connectivity index (χ0n) is 12.1. The first kappa shape index (κ1) is 16.9. The molecule has 0 atom stereocenters. The smallest absolute Gasteiger partial charge is 0.341 e. The van der Waals surface area contributed by atoms with Crippen LogP contribution in [-0.2, 0) is 9.84 Å². The fraction of sp³-hybridized carbons (Fsp3) is 0.214. The van der Waals surface area contributed by atoms with E-state index in [9.17, 15) is 22.0 Å². The molecule has 0 saturated heterocycles. The lowest BCUT2D eigenvalue weighted by atomic mass is 10.2. The number of H-pyrrole nitrogens is 1. The highest BCUT2D eigenvalue weighted by Crippen LogP contribution is 2.28. The van der Waals surface area contributed by atoms with E-state index in [2.05, 4.69) is 15.6 Å². The third-order valence-electron chi connectivity index (χ3n) is 3.01. The molecule has 1 amide bonds. The van der Waals surface area contributed by atoms with Gasteiger partial charge in [0.15, 0.2) is 0 Å². The fourth-order valence-electron chi connectivity index (χ4n) is 1.91. The Labute approximate surface area is 131 Å². The van der Waals surface area contributed by atoms with Gasteiger partial charge in [-0.15, -0.1) is 0 Å². The van der Waals surface area contributed by atoms with Gasteiger partial charge in [0.1, 0.15) is 5.69 Å². The second kappa shape index (κ2) is 6.78. The standard InChI is InChI=1S/C14H15F2N3O3S/c1-2-17-10-6-5-9(23(21,22)14(15)16)8-12(10)19-13(20)11-4-3-7-18-11/h3-8,14,17-18H,2H2,1H3,(H,19,20). The summed E-state index contributed by atoms with van der Waals surface area (Å²) in [6.07, 6.45) is 1.55. The molecule has 9 heteroatoms. The predicted octanol–water partition coefficient (Wildman–Crippen LogP) is 2.70. The maximum atomic E-state index is 12.7. The molecule has 0 saturated carbocycles. The van der Waals surface area contributed by atoms with Gasteiger partial charge in [-0.2, -0.15) is 8.78 Å². The summed E-state index contributed by atoms with van der Waals surface area (Å²) < 4.78 is 48.5. The fourth-order valence-corrected chi connectivity index (χ4v) is 2.66. The zero-order chi connectivity index (χ0) is 17.0. The molecule has 6 nitrogen and oxygen atoms in total. The molecular formula is C14H15F2N3O3S. The predicted molar refractivity (Wildman–Crippen MR) is 82.5 cm³/mol. The summed E-state index contributed by atoms with van der Waals surface area (Å²) in [6.45, 7) is 2.31. The van der Waals surface area contributed by atoms with E-state index in [0.717, 1.165) is 12.1 Å². The first-order valence-electron chi connectivity index (χ1n) is 6.71. The van der Waals surface area contributed by atoms with Crippen LogP contribution in [0.4, 0.5) is 20.2 Å².